The molecule has 2 heterocycles. The van der Waals surface area contributed by atoms with Gasteiger partial charge in [-0.15, -0.1) is 0 Å². The Bertz CT molecular complexity index is 936. The summed E-state index contributed by atoms with van der Waals surface area (Å²) in [6, 6.07) is 7.61. The molecule has 1 fully saturated rings. The monoisotopic (exact) mass is 397 g/mol. The van der Waals surface area contributed by atoms with Gasteiger partial charge in [-0.25, -0.2) is 9.78 Å². The van der Waals surface area contributed by atoms with E-state index in [2.05, 4.69) is 20.6 Å². The van der Waals surface area contributed by atoms with Crippen LogP contribution in [0.4, 0.5) is 10.5 Å². The smallest absolute Gasteiger partial charge is 0.410 e. The first kappa shape index (κ1) is 18.4. The molecule has 1 saturated carbocycles. The Kier molecular flexibility index (Phi) is 4.99. The molecule has 0 saturated heterocycles. The van der Waals surface area contributed by atoms with Crippen molar-refractivity contribution in [3.63, 3.8) is 0 Å². The van der Waals surface area contributed by atoms with Crippen LogP contribution in [-0.2, 0) is 5.54 Å². The lowest BCUT2D eigenvalue weighted by molar-refractivity contribution is 0.102. The number of nitrogens with one attached hydrogen (secondary N) is 2. The molecule has 1 unspecified atom stereocenters. The van der Waals surface area contributed by atoms with Crippen LogP contribution >= 0.6 is 11.8 Å². The van der Waals surface area contributed by atoms with Gasteiger partial charge in [0.2, 0.25) is 0 Å². The number of anilines is 1. The van der Waals surface area contributed by atoms with Gasteiger partial charge in [0, 0.05) is 23.8 Å². The lowest BCUT2D eigenvalue weighted by atomic mass is 9.81. The van der Waals surface area contributed by atoms with Crippen LogP contribution in [0.2, 0.25) is 0 Å². The molecule has 1 aliphatic heterocycles. The number of amidine groups is 1. The number of amides is 2. The number of hydrogen-bond acceptors (Lipinski definition) is 6. The summed E-state index contributed by atoms with van der Waals surface area (Å²) in [5.74, 6) is 0.819. The number of rotatable bonds is 3. The van der Waals surface area contributed by atoms with Gasteiger partial charge in [-0.05, 0) is 36.5 Å². The third kappa shape index (κ3) is 3.57. The lowest BCUT2D eigenvalue weighted by Crippen LogP contribution is -2.39. The first-order chi connectivity index (χ1) is 13.6. The largest absolute Gasteiger partial charge is 0.465 e. The van der Waals surface area contributed by atoms with E-state index >= 15 is 0 Å². The summed E-state index contributed by atoms with van der Waals surface area (Å²) < 4.78 is 0. The maximum absolute atomic E-state index is 12.4. The highest BCUT2D eigenvalue weighted by molar-refractivity contribution is 8.13. The van der Waals surface area contributed by atoms with Gasteiger partial charge in [0.05, 0.1) is 11.7 Å². The Morgan fingerprint density at radius 1 is 1.25 bits per heavy atom. The fourth-order valence-electron chi connectivity index (χ4n) is 3.90. The molecule has 8 nitrogen and oxygen atoms in total. The minimum atomic E-state index is -1.11. The molecule has 2 atom stereocenters. The number of benzene rings is 1. The quantitative estimate of drug-likeness (QED) is 0.733. The number of carbonyl (C=O) groups excluding carboxylic acids is 1. The van der Waals surface area contributed by atoms with Crippen molar-refractivity contribution < 1.29 is 14.7 Å². The number of thioether (sulfide) groups is 1. The molecule has 2 aromatic rings. The van der Waals surface area contributed by atoms with Crippen LogP contribution < -0.4 is 10.6 Å². The number of aliphatic imine (C=N–C) groups is 1. The predicted octanol–water partition coefficient (Wildman–Crippen LogP) is 3.09. The number of nitrogens with zero attached hydrogens (tertiary/aromatic N) is 3. The van der Waals surface area contributed by atoms with Crippen LogP contribution in [0.3, 0.4) is 0 Å². The van der Waals surface area contributed by atoms with Crippen molar-refractivity contribution in [3.8, 4) is 0 Å². The van der Waals surface area contributed by atoms with Gasteiger partial charge < -0.3 is 10.4 Å². The molecule has 3 N–H and O–H groups in total. The SMILES string of the molecule is O=C(O)NC1=N[C@@]2(c3cccc(NC(=O)c4cnccn4)c3)CCCC2CS1. The van der Waals surface area contributed by atoms with Crippen molar-refractivity contribution in [1.29, 1.82) is 0 Å². The number of carbonyl (C=O) groups is 2. The second kappa shape index (κ2) is 7.59. The zero-order valence-corrected chi connectivity index (χ0v) is 15.8. The predicted molar refractivity (Wildman–Crippen MR) is 106 cm³/mol. The Balaban J connectivity index is 1.64. The van der Waals surface area contributed by atoms with Crippen molar-refractivity contribution in [1.82, 2.24) is 15.3 Å². The summed E-state index contributed by atoms with van der Waals surface area (Å²) in [5, 5.41) is 14.7. The van der Waals surface area contributed by atoms with Crippen LogP contribution in [0.25, 0.3) is 0 Å². The van der Waals surface area contributed by atoms with Crippen LogP contribution in [-0.4, -0.2) is 38.0 Å². The van der Waals surface area contributed by atoms with E-state index in [9.17, 15) is 9.59 Å². The maximum atomic E-state index is 12.4. The van der Waals surface area contributed by atoms with Crippen molar-refractivity contribution >= 4 is 34.6 Å². The highest BCUT2D eigenvalue weighted by Crippen LogP contribution is 2.51. The molecule has 9 heteroatoms. The van der Waals surface area contributed by atoms with E-state index in [1.807, 2.05) is 24.3 Å². The van der Waals surface area contributed by atoms with Crippen molar-refractivity contribution in [3.05, 3.63) is 54.1 Å². The van der Waals surface area contributed by atoms with Gasteiger partial charge in [-0.1, -0.05) is 30.3 Å². The van der Waals surface area contributed by atoms with E-state index < -0.39 is 11.6 Å². The molecule has 0 spiro atoms. The molecule has 144 valence electrons. The van der Waals surface area contributed by atoms with Gasteiger partial charge in [0.25, 0.3) is 5.91 Å². The second-order valence-corrected chi connectivity index (χ2v) is 7.81. The maximum Gasteiger partial charge on any atom is 0.410 e. The van der Waals surface area contributed by atoms with Crippen LogP contribution in [0, 0.1) is 5.92 Å². The topological polar surface area (TPSA) is 117 Å². The molecule has 1 aromatic carbocycles. The van der Waals surface area contributed by atoms with Crippen molar-refractivity contribution in [2.24, 2.45) is 10.9 Å². The Morgan fingerprint density at radius 2 is 2.14 bits per heavy atom. The third-order valence-electron chi connectivity index (χ3n) is 5.14. The van der Waals surface area contributed by atoms with Crippen LogP contribution in [0.1, 0.15) is 35.3 Å². The summed E-state index contributed by atoms with van der Waals surface area (Å²) in [6.07, 6.45) is 6.22. The van der Waals surface area contributed by atoms with Crippen molar-refractivity contribution in [2.45, 2.75) is 24.8 Å². The van der Waals surface area contributed by atoms with Gasteiger partial charge in [-0.2, -0.15) is 0 Å². The Labute approximate surface area is 165 Å². The first-order valence-electron chi connectivity index (χ1n) is 8.97. The van der Waals surface area contributed by atoms with Crippen molar-refractivity contribution in [2.75, 3.05) is 11.1 Å². The van der Waals surface area contributed by atoms with E-state index in [4.69, 9.17) is 10.1 Å². The van der Waals surface area contributed by atoms with Gasteiger partial charge in [0.1, 0.15) is 5.69 Å². The average molecular weight is 397 g/mol. The van der Waals surface area contributed by atoms with Gasteiger partial charge >= 0.3 is 6.09 Å². The van der Waals surface area contributed by atoms with E-state index in [-0.39, 0.29) is 11.6 Å². The molecule has 28 heavy (non-hydrogen) atoms. The molecular weight excluding hydrogens is 378 g/mol. The number of fused-ring (bicyclic) bond motifs is 1. The van der Waals surface area contributed by atoms with Gasteiger partial charge in [-0.3, -0.25) is 20.1 Å². The standard InChI is InChI=1S/C19H19N5O3S/c25-16(15-10-20-7-8-21-15)22-14-5-1-3-12(9-14)19-6-2-4-13(19)11-28-17(24-19)23-18(26)27/h1,3,5,7-10,13H,2,4,6,11H2,(H,22,25)(H,23,24)(H,26,27)/t13?,19-/m1/s1. The minimum absolute atomic E-state index is 0.241. The fourth-order valence-corrected chi connectivity index (χ4v) is 5.09. The molecule has 2 aliphatic rings. The highest BCUT2D eigenvalue weighted by atomic mass is 32.2. The van der Waals surface area contributed by atoms with E-state index in [1.54, 1.807) is 0 Å². The summed E-state index contributed by atoms with van der Waals surface area (Å²) in [6.45, 7) is 0. The van der Waals surface area contributed by atoms with Crippen LogP contribution in [0.15, 0.2) is 47.8 Å². The zero-order chi connectivity index (χ0) is 19.6. The Morgan fingerprint density at radius 3 is 2.93 bits per heavy atom. The van der Waals surface area contributed by atoms with E-state index in [0.29, 0.717) is 16.8 Å². The molecule has 2 amide bonds. The number of aromatic nitrogens is 2. The second-order valence-electron chi connectivity index (χ2n) is 6.80. The highest BCUT2D eigenvalue weighted by Gasteiger charge is 2.47. The molecule has 0 radical (unpaired) electrons. The Hall–Kier alpha value is -2.94. The molecule has 4 rings (SSSR count). The zero-order valence-electron chi connectivity index (χ0n) is 15.0. The summed E-state index contributed by atoms with van der Waals surface area (Å²) in [7, 11) is 0. The van der Waals surface area contributed by atoms with Gasteiger partial charge in [0.15, 0.2) is 5.17 Å². The normalized spacial score (nSPS) is 23.4. The van der Waals surface area contributed by atoms with E-state index in [0.717, 1.165) is 30.6 Å². The summed E-state index contributed by atoms with van der Waals surface area (Å²) in [4.78, 5) is 36.2. The number of hydrogen-bond donors (Lipinski definition) is 3. The van der Waals surface area contributed by atoms with Crippen LogP contribution in [0.5, 0.6) is 0 Å². The number of carboxylic acid groups (broad SMARTS) is 1. The molecular formula is C19H19N5O3S. The first-order valence-corrected chi connectivity index (χ1v) is 9.96. The summed E-state index contributed by atoms with van der Waals surface area (Å²) in [5.41, 5.74) is 1.41. The van der Waals surface area contributed by atoms with E-state index in [1.165, 1.54) is 30.4 Å². The summed E-state index contributed by atoms with van der Waals surface area (Å²) >= 11 is 1.45. The average Bonchev–Trinajstić information content (AvgIpc) is 3.13. The lowest BCUT2D eigenvalue weighted by Gasteiger charge is -2.36. The molecule has 0 bridgehead atoms. The fraction of sp³-hybridized carbons (Fsp3) is 0.316. The third-order valence-corrected chi connectivity index (χ3v) is 6.17. The molecule has 1 aromatic heterocycles. The molecule has 1 aliphatic carbocycles. The minimum Gasteiger partial charge on any atom is -0.465 e.